The van der Waals surface area contributed by atoms with Crippen LogP contribution in [-0.2, 0) is 15.9 Å². The Morgan fingerprint density at radius 3 is 2.18 bits per heavy atom. The first kappa shape index (κ1) is 15.3. The number of benzene rings is 2. The van der Waals surface area contributed by atoms with Gasteiger partial charge in [-0.05, 0) is 24.0 Å². The quantitative estimate of drug-likeness (QED) is 0.784. The SMILES string of the molecule is CCCCc1ccc(C2COC(c3ccccc3)OC2)cc1. The first-order valence-corrected chi connectivity index (χ1v) is 8.24. The normalized spacial score (nSPS) is 21.7. The molecule has 22 heavy (non-hydrogen) atoms. The van der Waals surface area contributed by atoms with Crippen molar-refractivity contribution >= 4 is 0 Å². The lowest BCUT2D eigenvalue weighted by Crippen LogP contribution is -2.25. The molecule has 2 nitrogen and oxygen atoms in total. The summed E-state index contributed by atoms with van der Waals surface area (Å²) in [5.74, 6) is 0.334. The molecule has 116 valence electrons. The predicted octanol–water partition coefficient (Wildman–Crippen LogP) is 4.86. The largest absolute Gasteiger partial charge is 0.348 e. The molecular weight excluding hydrogens is 272 g/mol. The van der Waals surface area contributed by atoms with Crippen LogP contribution >= 0.6 is 0 Å². The molecule has 0 amide bonds. The van der Waals surface area contributed by atoms with Gasteiger partial charge in [-0.3, -0.25) is 0 Å². The summed E-state index contributed by atoms with van der Waals surface area (Å²) in [6, 6.07) is 19.1. The second kappa shape index (κ2) is 7.57. The lowest BCUT2D eigenvalue weighted by molar-refractivity contribution is -0.191. The van der Waals surface area contributed by atoms with Gasteiger partial charge in [0, 0.05) is 11.5 Å². The molecule has 0 unspecified atom stereocenters. The van der Waals surface area contributed by atoms with Gasteiger partial charge in [-0.2, -0.15) is 0 Å². The molecule has 0 bridgehead atoms. The van der Waals surface area contributed by atoms with Crippen molar-refractivity contribution in [2.24, 2.45) is 0 Å². The van der Waals surface area contributed by atoms with E-state index >= 15 is 0 Å². The summed E-state index contributed by atoms with van der Waals surface area (Å²) in [6.45, 7) is 3.66. The minimum Gasteiger partial charge on any atom is -0.348 e. The molecule has 2 heteroatoms. The van der Waals surface area contributed by atoms with Gasteiger partial charge in [0.1, 0.15) is 0 Å². The average Bonchev–Trinajstić information content (AvgIpc) is 2.61. The van der Waals surface area contributed by atoms with Crippen LogP contribution in [0.25, 0.3) is 0 Å². The third-order valence-electron chi connectivity index (χ3n) is 4.24. The molecule has 1 heterocycles. The summed E-state index contributed by atoms with van der Waals surface area (Å²) in [4.78, 5) is 0. The van der Waals surface area contributed by atoms with E-state index < -0.39 is 0 Å². The topological polar surface area (TPSA) is 18.5 Å². The average molecular weight is 296 g/mol. The summed E-state index contributed by atoms with van der Waals surface area (Å²) in [5, 5.41) is 0. The molecule has 0 N–H and O–H groups in total. The highest BCUT2D eigenvalue weighted by Crippen LogP contribution is 2.29. The molecule has 1 aliphatic heterocycles. The molecular formula is C20H24O2. The van der Waals surface area contributed by atoms with Crippen LogP contribution < -0.4 is 0 Å². The van der Waals surface area contributed by atoms with Crippen molar-refractivity contribution in [3.8, 4) is 0 Å². The standard InChI is InChI=1S/C20H24O2/c1-2-3-7-16-10-12-17(13-11-16)19-14-21-20(22-15-19)18-8-5-4-6-9-18/h4-6,8-13,19-20H,2-3,7,14-15H2,1H3. The Bertz CT molecular complexity index is 554. The molecule has 1 fully saturated rings. The fourth-order valence-electron chi connectivity index (χ4n) is 2.84. The molecule has 3 rings (SSSR count). The number of hydrogen-bond donors (Lipinski definition) is 0. The van der Waals surface area contributed by atoms with Crippen molar-refractivity contribution in [2.75, 3.05) is 13.2 Å². The summed E-state index contributed by atoms with van der Waals surface area (Å²) in [6.07, 6.45) is 3.45. The molecule has 2 aromatic rings. The lowest BCUT2D eigenvalue weighted by Gasteiger charge is -2.30. The van der Waals surface area contributed by atoms with E-state index in [-0.39, 0.29) is 6.29 Å². The minimum absolute atomic E-state index is 0.221. The fourth-order valence-corrected chi connectivity index (χ4v) is 2.84. The van der Waals surface area contributed by atoms with E-state index in [1.807, 2.05) is 30.3 Å². The zero-order chi connectivity index (χ0) is 15.2. The summed E-state index contributed by atoms with van der Waals surface area (Å²) < 4.78 is 11.8. The molecule has 0 aromatic heterocycles. The molecule has 2 aromatic carbocycles. The summed E-state index contributed by atoms with van der Waals surface area (Å²) >= 11 is 0. The van der Waals surface area contributed by atoms with Crippen LogP contribution in [0.15, 0.2) is 54.6 Å². The highest BCUT2D eigenvalue weighted by Gasteiger charge is 2.24. The van der Waals surface area contributed by atoms with E-state index in [4.69, 9.17) is 9.47 Å². The lowest BCUT2D eigenvalue weighted by atomic mass is 9.97. The van der Waals surface area contributed by atoms with Gasteiger partial charge in [0.2, 0.25) is 0 Å². The van der Waals surface area contributed by atoms with E-state index in [0.29, 0.717) is 19.1 Å². The third kappa shape index (κ3) is 3.76. The van der Waals surface area contributed by atoms with Gasteiger partial charge in [-0.1, -0.05) is 67.9 Å². The van der Waals surface area contributed by atoms with Crippen molar-refractivity contribution in [2.45, 2.75) is 38.4 Å². The van der Waals surface area contributed by atoms with Gasteiger partial charge >= 0.3 is 0 Å². The second-order valence-electron chi connectivity index (χ2n) is 5.95. The van der Waals surface area contributed by atoms with Gasteiger partial charge in [-0.25, -0.2) is 0 Å². The number of hydrogen-bond acceptors (Lipinski definition) is 2. The molecule has 1 aliphatic rings. The second-order valence-corrected chi connectivity index (χ2v) is 5.95. The van der Waals surface area contributed by atoms with Crippen molar-refractivity contribution in [1.82, 2.24) is 0 Å². The predicted molar refractivity (Wildman–Crippen MR) is 88.9 cm³/mol. The number of rotatable bonds is 5. The van der Waals surface area contributed by atoms with Crippen LogP contribution in [-0.4, -0.2) is 13.2 Å². The van der Waals surface area contributed by atoms with E-state index in [0.717, 1.165) is 5.56 Å². The molecule has 0 saturated carbocycles. The first-order valence-electron chi connectivity index (χ1n) is 8.24. The van der Waals surface area contributed by atoms with E-state index in [1.165, 1.54) is 30.4 Å². The maximum Gasteiger partial charge on any atom is 0.183 e. The van der Waals surface area contributed by atoms with Crippen molar-refractivity contribution < 1.29 is 9.47 Å². The smallest absolute Gasteiger partial charge is 0.183 e. The van der Waals surface area contributed by atoms with Gasteiger partial charge in [0.05, 0.1) is 13.2 Å². The van der Waals surface area contributed by atoms with Crippen LogP contribution in [0.2, 0.25) is 0 Å². The molecule has 0 radical (unpaired) electrons. The number of ether oxygens (including phenoxy) is 2. The van der Waals surface area contributed by atoms with Gasteiger partial charge < -0.3 is 9.47 Å². The van der Waals surface area contributed by atoms with E-state index in [9.17, 15) is 0 Å². The highest BCUT2D eigenvalue weighted by molar-refractivity contribution is 5.26. The van der Waals surface area contributed by atoms with Gasteiger partial charge in [-0.15, -0.1) is 0 Å². The Kier molecular flexibility index (Phi) is 5.25. The zero-order valence-electron chi connectivity index (χ0n) is 13.2. The van der Waals surface area contributed by atoms with Crippen molar-refractivity contribution in [3.05, 3.63) is 71.3 Å². The van der Waals surface area contributed by atoms with Gasteiger partial charge in [0.15, 0.2) is 6.29 Å². The minimum atomic E-state index is -0.221. The first-order chi connectivity index (χ1) is 10.9. The maximum absolute atomic E-state index is 5.90. The molecule has 0 atom stereocenters. The molecule has 0 spiro atoms. The van der Waals surface area contributed by atoms with Crippen LogP contribution in [0.4, 0.5) is 0 Å². The Balaban J connectivity index is 1.57. The maximum atomic E-state index is 5.90. The van der Waals surface area contributed by atoms with E-state index in [1.54, 1.807) is 0 Å². The Morgan fingerprint density at radius 2 is 1.55 bits per heavy atom. The van der Waals surface area contributed by atoms with E-state index in [2.05, 4.69) is 31.2 Å². The van der Waals surface area contributed by atoms with Gasteiger partial charge in [0.25, 0.3) is 0 Å². The van der Waals surface area contributed by atoms with Crippen molar-refractivity contribution in [1.29, 1.82) is 0 Å². The number of aryl methyl sites for hydroxylation is 1. The Morgan fingerprint density at radius 1 is 0.864 bits per heavy atom. The monoisotopic (exact) mass is 296 g/mol. The zero-order valence-corrected chi connectivity index (χ0v) is 13.2. The summed E-state index contributed by atoms with van der Waals surface area (Å²) in [7, 11) is 0. The molecule has 1 saturated heterocycles. The Labute approximate surface area is 133 Å². The van der Waals surface area contributed by atoms with Crippen LogP contribution in [0, 0.1) is 0 Å². The third-order valence-corrected chi connectivity index (χ3v) is 4.24. The van der Waals surface area contributed by atoms with Crippen molar-refractivity contribution in [3.63, 3.8) is 0 Å². The Hall–Kier alpha value is -1.64. The number of unbranched alkanes of at least 4 members (excludes halogenated alkanes) is 1. The fraction of sp³-hybridized carbons (Fsp3) is 0.400. The van der Waals surface area contributed by atoms with Crippen LogP contribution in [0.1, 0.15) is 48.7 Å². The van der Waals surface area contributed by atoms with Crippen LogP contribution in [0.5, 0.6) is 0 Å². The molecule has 0 aliphatic carbocycles. The summed E-state index contributed by atoms with van der Waals surface area (Å²) in [5.41, 5.74) is 3.83. The van der Waals surface area contributed by atoms with Crippen LogP contribution in [0.3, 0.4) is 0 Å². The highest BCUT2D eigenvalue weighted by atomic mass is 16.7.